The molecule has 0 unspecified atom stereocenters. The van der Waals surface area contributed by atoms with Crippen molar-refractivity contribution in [1.29, 1.82) is 0 Å². The van der Waals surface area contributed by atoms with E-state index in [4.69, 9.17) is 5.11 Å². The van der Waals surface area contributed by atoms with Crippen molar-refractivity contribution in [2.75, 3.05) is 13.1 Å². The molecule has 0 bridgehead atoms. The lowest BCUT2D eigenvalue weighted by molar-refractivity contribution is -0.384. The van der Waals surface area contributed by atoms with Gasteiger partial charge in [-0.15, -0.1) is 0 Å². The van der Waals surface area contributed by atoms with Crippen LogP contribution in [-0.4, -0.2) is 39.9 Å². The summed E-state index contributed by atoms with van der Waals surface area (Å²) in [4.78, 5) is 34.2. The first-order valence-corrected chi connectivity index (χ1v) is 5.77. The fourth-order valence-electron chi connectivity index (χ4n) is 2.07. The Balaban J connectivity index is 2.23. The predicted molar refractivity (Wildman–Crippen MR) is 65.0 cm³/mol. The highest BCUT2D eigenvalue weighted by molar-refractivity contribution is 5.97. The molecule has 2 rings (SSSR count). The molecule has 0 saturated carbocycles. The Labute approximate surface area is 108 Å². The molecule has 100 valence electrons. The molecule has 1 aliphatic rings. The second-order valence-electron chi connectivity index (χ2n) is 4.28. The number of fused-ring (bicyclic) bond motifs is 1. The van der Waals surface area contributed by atoms with Crippen LogP contribution >= 0.6 is 0 Å². The van der Waals surface area contributed by atoms with Crippen molar-refractivity contribution in [3.63, 3.8) is 0 Å². The maximum Gasteiger partial charge on any atom is 0.305 e. The van der Waals surface area contributed by atoms with Crippen molar-refractivity contribution < 1.29 is 19.6 Å². The minimum Gasteiger partial charge on any atom is -0.481 e. The Hall–Kier alpha value is -2.44. The molecule has 7 nitrogen and oxygen atoms in total. The van der Waals surface area contributed by atoms with Crippen LogP contribution in [0.15, 0.2) is 18.2 Å². The highest BCUT2D eigenvalue weighted by atomic mass is 16.6. The van der Waals surface area contributed by atoms with Crippen molar-refractivity contribution in [2.45, 2.75) is 12.8 Å². The van der Waals surface area contributed by atoms with E-state index >= 15 is 0 Å². The lowest BCUT2D eigenvalue weighted by Crippen LogP contribution is -2.38. The molecule has 1 amide bonds. The second-order valence-corrected chi connectivity index (χ2v) is 4.28. The van der Waals surface area contributed by atoms with E-state index in [1.165, 1.54) is 17.0 Å². The largest absolute Gasteiger partial charge is 0.481 e. The number of non-ortho nitro benzene ring substituents is 1. The lowest BCUT2D eigenvalue weighted by Gasteiger charge is -2.27. The number of carboxylic acid groups (broad SMARTS) is 1. The Morgan fingerprint density at radius 3 is 2.84 bits per heavy atom. The summed E-state index contributed by atoms with van der Waals surface area (Å²) < 4.78 is 0. The standard InChI is InChI=1S/C12H12N2O5/c15-11(16)4-6-13-5-3-8-1-2-9(14(18)19)7-10(8)12(13)17/h1-2,7H,3-6H2,(H,15,16). The van der Waals surface area contributed by atoms with Crippen LogP contribution in [0.25, 0.3) is 0 Å². The fourth-order valence-corrected chi connectivity index (χ4v) is 2.07. The van der Waals surface area contributed by atoms with E-state index in [1.807, 2.05) is 0 Å². The molecule has 1 heterocycles. The molecule has 0 aromatic heterocycles. The minimum atomic E-state index is -0.974. The van der Waals surface area contributed by atoms with E-state index in [1.54, 1.807) is 6.07 Å². The summed E-state index contributed by atoms with van der Waals surface area (Å²) in [6.45, 7) is 0.563. The van der Waals surface area contributed by atoms with Gasteiger partial charge in [0, 0.05) is 30.8 Å². The van der Waals surface area contributed by atoms with Gasteiger partial charge in [0.25, 0.3) is 11.6 Å². The SMILES string of the molecule is O=C(O)CCN1CCc2ccc([N+](=O)[O-])cc2C1=O. The van der Waals surface area contributed by atoms with E-state index in [0.717, 1.165) is 5.56 Å². The molecule has 0 fully saturated rings. The first-order valence-electron chi connectivity index (χ1n) is 5.77. The molecular weight excluding hydrogens is 252 g/mol. The average molecular weight is 264 g/mol. The lowest BCUT2D eigenvalue weighted by atomic mass is 9.98. The van der Waals surface area contributed by atoms with E-state index in [0.29, 0.717) is 18.5 Å². The van der Waals surface area contributed by atoms with Crippen LogP contribution in [0.3, 0.4) is 0 Å². The number of rotatable bonds is 4. The molecule has 0 spiro atoms. The number of hydrogen-bond acceptors (Lipinski definition) is 4. The molecule has 1 aliphatic heterocycles. The maximum absolute atomic E-state index is 12.1. The number of aliphatic carboxylic acids is 1. The number of amides is 1. The molecule has 7 heteroatoms. The summed E-state index contributed by atoms with van der Waals surface area (Å²) in [6.07, 6.45) is 0.453. The number of carboxylic acids is 1. The fraction of sp³-hybridized carbons (Fsp3) is 0.333. The van der Waals surface area contributed by atoms with Crippen molar-refractivity contribution >= 4 is 17.6 Å². The maximum atomic E-state index is 12.1. The zero-order valence-electron chi connectivity index (χ0n) is 10.0. The second kappa shape index (κ2) is 5.05. The number of carbonyl (C=O) groups excluding carboxylic acids is 1. The van der Waals surface area contributed by atoms with Crippen molar-refractivity contribution in [2.24, 2.45) is 0 Å². The van der Waals surface area contributed by atoms with Crippen LogP contribution in [-0.2, 0) is 11.2 Å². The number of benzene rings is 1. The van der Waals surface area contributed by atoms with Crippen LogP contribution in [0.4, 0.5) is 5.69 Å². The summed E-state index contributed by atoms with van der Waals surface area (Å²) in [7, 11) is 0. The van der Waals surface area contributed by atoms with Crippen LogP contribution in [0.1, 0.15) is 22.3 Å². The first kappa shape index (κ1) is 13.0. The van der Waals surface area contributed by atoms with Crippen molar-refractivity contribution in [1.82, 2.24) is 4.90 Å². The van der Waals surface area contributed by atoms with Gasteiger partial charge in [0.15, 0.2) is 0 Å². The normalized spacial score (nSPS) is 14.1. The summed E-state index contributed by atoms with van der Waals surface area (Å²) in [6, 6.07) is 4.21. The topological polar surface area (TPSA) is 101 Å². The van der Waals surface area contributed by atoms with Crippen molar-refractivity contribution in [3.8, 4) is 0 Å². The number of nitro benzene ring substituents is 1. The highest BCUT2D eigenvalue weighted by Crippen LogP contribution is 2.23. The summed E-state index contributed by atoms with van der Waals surface area (Å²) >= 11 is 0. The van der Waals surface area contributed by atoms with E-state index in [2.05, 4.69) is 0 Å². The Kier molecular flexibility index (Phi) is 3.46. The Morgan fingerprint density at radius 1 is 1.47 bits per heavy atom. The Bertz CT molecular complexity index is 555. The van der Waals surface area contributed by atoms with Crippen molar-refractivity contribution in [3.05, 3.63) is 39.4 Å². The van der Waals surface area contributed by atoms with Crippen LogP contribution in [0.5, 0.6) is 0 Å². The van der Waals surface area contributed by atoms with Gasteiger partial charge >= 0.3 is 5.97 Å². The van der Waals surface area contributed by atoms with Crippen LogP contribution < -0.4 is 0 Å². The summed E-state index contributed by atoms with van der Waals surface area (Å²) in [5.74, 6) is -1.32. The minimum absolute atomic E-state index is 0.121. The highest BCUT2D eigenvalue weighted by Gasteiger charge is 2.26. The predicted octanol–water partition coefficient (Wildman–Crippen LogP) is 1.07. The molecule has 0 atom stereocenters. The van der Waals surface area contributed by atoms with Gasteiger partial charge in [-0.2, -0.15) is 0 Å². The monoisotopic (exact) mass is 264 g/mol. The Morgan fingerprint density at radius 2 is 2.21 bits per heavy atom. The van der Waals surface area contributed by atoms with E-state index in [-0.39, 0.29) is 24.6 Å². The third kappa shape index (κ3) is 2.70. The zero-order valence-corrected chi connectivity index (χ0v) is 10.0. The van der Waals surface area contributed by atoms with Gasteiger partial charge in [0.1, 0.15) is 0 Å². The number of carbonyl (C=O) groups is 2. The van der Waals surface area contributed by atoms with Gasteiger partial charge in [-0.05, 0) is 12.0 Å². The van der Waals surface area contributed by atoms with E-state index in [9.17, 15) is 19.7 Å². The molecule has 1 aromatic carbocycles. The van der Waals surface area contributed by atoms with Crippen LogP contribution in [0, 0.1) is 10.1 Å². The van der Waals surface area contributed by atoms with Gasteiger partial charge in [-0.25, -0.2) is 0 Å². The van der Waals surface area contributed by atoms with Gasteiger partial charge in [0.05, 0.1) is 11.3 Å². The number of nitro groups is 1. The molecule has 19 heavy (non-hydrogen) atoms. The van der Waals surface area contributed by atoms with Gasteiger partial charge in [-0.3, -0.25) is 19.7 Å². The molecule has 1 N–H and O–H groups in total. The molecule has 0 radical (unpaired) electrons. The van der Waals surface area contributed by atoms with E-state index < -0.39 is 10.9 Å². The smallest absolute Gasteiger partial charge is 0.305 e. The third-order valence-corrected chi connectivity index (χ3v) is 3.07. The molecule has 0 saturated heterocycles. The summed E-state index contributed by atoms with van der Waals surface area (Å²) in [5, 5.41) is 19.3. The third-order valence-electron chi connectivity index (χ3n) is 3.07. The molecule has 1 aromatic rings. The average Bonchev–Trinajstić information content (AvgIpc) is 2.37. The first-order chi connectivity index (χ1) is 8.99. The van der Waals surface area contributed by atoms with Gasteiger partial charge in [0.2, 0.25) is 0 Å². The zero-order chi connectivity index (χ0) is 14.0. The quantitative estimate of drug-likeness (QED) is 0.647. The molecular formula is C12H12N2O5. The number of nitrogens with zero attached hydrogens (tertiary/aromatic N) is 2. The number of hydrogen-bond donors (Lipinski definition) is 1. The molecule has 0 aliphatic carbocycles. The van der Waals surface area contributed by atoms with Crippen LogP contribution in [0.2, 0.25) is 0 Å². The van der Waals surface area contributed by atoms with Gasteiger partial charge in [-0.1, -0.05) is 6.07 Å². The van der Waals surface area contributed by atoms with Gasteiger partial charge < -0.3 is 10.0 Å². The summed E-state index contributed by atoms with van der Waals surface area (Å²) in [5.41, 5.74) is 0.931.